The summed E-state index contributed by atoms with van der Waals surface area (Å²) in [7, 11) is 0. The molecule has 0 amide bonds. The van der Waals surface area contributed by atoms with Crippen LogP contribution in [0.15, 0.2) is 6.20 Å². The fourth-order valence-electron chi connectivity index (χ4n) is 1.11. The molecule has 76 valence electrons. The minimum atomic E-state index is -2.72. The summed E-state index contributed by atoms with van der Waals surface area (Å²) in [4.78, 5) is 3.69. The Hall–Kier alpha value is -1.28. The van der Waals surface area contributed by atoms with Gasteiger partial charge in [0.2, 0.25) is 0 Å². The molecular formula is C9H4F2IN3. The number of rotatable bonds is 2. The number of alkyl halides is 2. The van der Waals surface area contributed by atoms with Gasteiger partial charge >= 0.3 is 0 Å². The Morgan fingerprint density at radius 3 is 2.60 bits per heavy atom. The molecule has 3 nitrogen and oxygen atoms in total. The van der Waals surface area contributed by atoms with Gasteiger partial charge in [0, 0.05) is 11.8 Å². The van der Waals surface area contributed by atoms with Gasteiger partial charge in [-0.05, 0) is 28.2 Å². The van der Waals surface area contributed by atoms with Gasteiger partial charge in [0.05, 0.1) is 18.1 Å². The van der Waals surface area contributed by atoms with E-state index in [1.54, 1.807) is 34.7 Å². The lowest BCUT2D eigenvalue weighted by Crippen LogP contribution is -2.02. The van der Waals surface area contributed by atoms with Gasteiger partial charge in [-0.25, -0.2) is 13.8 Å². The highest BCUT2D eigenvalue weighted by Gasteiger charge is 2.19. The normalized spacial score (nSPS) is 9.73. The van der Waals surface area contributed by atoms with E-state index in [9.17, 15) is 8.78 Å². The quantitative estimate of drug-likeness (QED) is 0.622. The second kappa shape index (κ2) is 4.99. The summed E-state index contributed by atoms with van der Waals surface area (Å²) in [6, 6.07) is 3.56. The van der Waals surface area contributed by atoms with Crippen LogP contribution in [0, 0.1) is 26.4 Å². The third kappa shape index (κ3) is 2.39. The van der Waals surface area contributed by atoms with Gasteiger partial charge in [-0.3, -0.25) is 0 Å². The Kier molecular flexibility index (Phi) is 3.92. The summed E-state index contributed by atoms with van der Waals surface area (Å²) in [6.45, 7) is 0. The highest BCUT2D eigenvalue weighted by Crippen LogP contribution is 2.26. The molecule has 1 heterocycles. The third-order valence-corrected chi connectivity index (χ3v) is 2.59. The van der Waals surface area contributed by atoms with E-state index in [2.05, 4.69) is 4.98 Å². The molecule has 1 aromatic rings. The van der Waals surface area contributed by atoms with Gasteiger partial charge < -0.3 is 0 Å². The van der Waals surface area contributed by atoms with E-state index in [1.165, 1.54) is 0 Å². The maximum absolute atomic E-state index is 12.5. The lowest BCUT2D eigenvalue weighted by molar-refractivity contribution is 0.150. The van der Waals surface area contributed by atoms with Crippen molar-refractivity contribution in [1.82, 2.24) is 4.98 Å². The molecule has 1 aromatic heterocycles. The van der Waals surface area contributed by atoms with Crippen LogP contribution in [0.5, 0.6) is 0 Å². The summed E-state index contributed by atoms with van der Waals surface area (Å²) in [6.07, 6.45) is -1.91. The minimum Gasteiger partial charge on any atom is -0.248 e. The summed E-state index contributed by atoms with van der Waals surface area (Å²) in [5.74, 6) is 0. The van der Waals surface area contributed by atoms with Gasteiger partial charge in [-0.15, -0.1) is 0 Å². The minimum absolute atomic E-state index is 0.0648. The van der Waals surface area contributed by atoms with Crippen molar-refractivity contribution in [3.8, 4) is 12.1 Å². The molecule has 6 heteroatoms. The predicted molar refractivity (Wildman–Crippen MR) is 55.9 cm³/mol. The molecule has 0 radical (unpaired) electrons. The maximum Gasteiger partial charge on any atom is 0.265 e. The van der Waals surface area contributed by atoms with Crippen LogP contribution in [0.25, 0.3) is 0 Å². The van der Waals surface area contributed by atoms with Gasteiger partial charge in [0.1, 0.15) is 9.77 Å². The number of halogens is 3. The van der Waals surface area contributed by atoms with Crippen molar-refractivity contribution < 1.29 is 8.78 Å². The molecule has 0 atom stereocenters. The topological polar surface area (TPSA) is 60.5 Å². The van der Waals surface area contributed by atoms with E-state index in [1.807, 2.05) is 0 Å². The maximum atomic E-state index is 12.5. The van der Waals surface area contributed by atoms with Gasteiger partial charge in [-0.1, -0.05) is 0 Å². The van der Waals surface area contributed by atoms with Crippen molar-refractivity contribution >= 4 is 22.6 Å². The largest absolute Gasteiger partial charge is 0.265 e. The average Bonchev–Trinajstić information content (AvgIpc) is 2.18. The van der Waals surface area contributed by atoms with E-state index in [0.717, 1.165) is 6.20 Å². The summed E-state index contributed by atoms with van der Waals surface area (Å²) in [5.41, 5.74) is -0.196. The molecule has 0 saturated heterocycles. The predicted octanol–water partition coefficient (Wildman–Crippen LogP) is 2.56. The third-order valence-electron chi connectivity index (χ3n) is 1.78. The van der Waals surface area contributed by atoms with Crippen LogP contribution in [-0.2, 0) is 6.42 Å². The molecule has 0 aromatic carbocycles. The molecule has 0 fully saturated rings. The number of aromatic nitrogens is 1. The molecule has 0 spiro atoms. The Bertz CT molecular complexity index is 460. The first-order chi connectivity index (χ1) is 7.11. The van der Waals surface area contributed by atoms with Gasteiger partial charge in [0.15, 0.2) is 0 Å². The van der Waals surface area contributed by atoms with Crippen LogP contribution >= 0.6 is 22.6 Å². The van der Waals surface area contributed by atoms with E-state index >= 15 is 0 Å². The zero-order chi connectivity index (χ0) is 11.4. The molecule has 0 unspecified atom stereocenters. The zero-order valence-electron chi connectivity index (χ0n) is 7.34. The number of pyridine rings is 1. The molecule has 15 heavy (non-hydrogen) atoms. The fourth-order valence-corrected chi connectivity index (χ4v) is 1.69. The molecular weight excluding hydrogens is 315 g/mol. The molecule has 0 aliphatic heterocycles. The average molecular weight is 319 g/mol. The summed E-state index contributed by atoms with van der Waals surface area (Å²) < 4.78 is 25.4. The van der Waals surface area contributed by atoms with Crippen molar-refractivity contribution in [3.63, 3.8) is 0 Å². The second-order valence-corrected chi connectivity index (χ2v) is 3.63. The SMILES string of the molecule is N#CCc1c(C(F)F)cnc(I)c1C#N. The second-order valence-electron chi connectivity index (χ2n) is 2.61. The molecule has 0 aliphatic rings. The van der Waals surface area contributed by atoms with Crippen molar-refractivity contribution in [3.05, 3.63) is 26.6 Å². The first-order valence-corrected chi connectivity index (χ1v) is 4.92. The Morgan fingerprint density at radius 1 is 1.47 bits per heavy atom. The summed E-state index contributed by atoms with van der Waals surface area (Å²) in [5, 5.41) is 17.3. The van der Waals surface area contributed by atoms with Crippen molar-refractivity contribution in [2.24, 2.45) is 0 Å². The molecule has 0 N–H and O–H groups in total. The lowest BCUT2D eigenvalue weighted by Gasteiger charge is -2.07. The highest BCUT2D eigenvalue weighted by molar-refractivity contribution is 14.1. The van der Waals surface area contributed by atoms with Crippen molar-refractivity contribution in [2.45, 2.75) is 12.8 Å². The first kappa shape index (κ1) is 11.8. The van der Waals surface area contributed by atoms with E-state index in [-0.39, 0.29) is 23.1 Å². The number of hydrogen-bond donors (Lipinski definition) is 0. The number of hydrogen-bond acceptors (Lipinski definition) is 3. The van der Waals surface area contributed by atoms with Crippen LogP contribution in [-0.4, -0.2) is 4.98 Å². The number of nitriles is 2. The Balaban J connectivity index is 3.45. The smallest absolute Gasteiger partial charge is 0.248 e. The van der Waals surface area contributed by atoms with Crippen molar-refractivity contribution in [2.75, 3.05) is 0 Å². The Morgan fingerprint density at radius 2 is 2.13 bits per heavy atom. The molecule has 1 rings (SSSR count). The molecule has 0 aliphatic carbocycles. The highest BCUT2D eigenvalue weighted by atomic mass is 127. The molecule has 0 saturated carbocycles. The van der Waals surface area contributed by atoms with Crippen LogP contribution in [0.2, 0.25) is 0 Å². The lowest BCUT2D eigenvalue weighted by atomic mass is 10.0. The van der Waals surface area contributed by atoms with Crippen LogP contribution < -0.4 is 0 Å². The van der Waals surface area contributed by atoms with Gasteiger partial charge in [-0.2, -0.15) is 10.5 Å². The van der Waals surface area contributed by atoms with Crippen molar-refractivity contribution in [1.29, 1.82) is 10.5 Å². The summed E-state index contributed by atoms with van der Waals surface area (Å²) >= 11 is 1.78. The number of nitrogens with zero attached hydrogens (tertiary/aromatic N) is 3. The monoisotopic (exact) mass is 319 g/mol. The van der Waals surface area contributed by atoms with E-state index < -0.39 is 6.43 Å². The van der Waals surface area contributed by atoms with E-state index in [4.69, 9.17) is 10.5 Å². The van der Waals surface area contributed by atoms with Crippen LogP contribution in [0.3, 0.4) is 0 Å². The van der Waals surface area contributed by atoms with Crippen LogP contribution in [0.1, 0.15) is 23.1 Å². The standard InChI is InChI=1S/C9H4F2IN3/c10-8(11)7-4-15-9(12)6(3-14)5(7)1-2-13/h4,8H,1H2. The fraction of sp³-hybridized carbons (Fsp3) is 0.222. The van der Waals surface area contributed by atoms with E-state index in [0.29, 0.717) is 3.70 Å². The van der Waals surface area contributed by atoms with Gasteiger partial charge in [0.25, 0.3) is 6.43 Å². The van der Waals surface area contributed by atoms with Crippen LogP contribution in [0.4, 0.5) is 8.78 Å². The Labute approximate surface area is 98.5 Å². The first-order valence-electron chi connectivity index (χ1n) is 3.84. The molecule has 0 bridgehead atoms. The zero-order valence-corrected chi connectivity index (χ0v) is 9.49.